The molecule has 0 spiro atoms. The van der Waals surface area contributed by atoms with Gasteiger partial charge in [0.25, 0.3) is 0 Å². The first-order valence-corrected chi connectivity index (χ1v) is 5.96. The Hall–Kier alpha value is -0.470. The second kappa shape index (κ2) is 5.42. The molecule has 0 saturated carbocycles. The van der Waals surface area contributed by atoms with E-state index in [1.807, 2.05) is 36.9 Å². The molecule has 0 radical (unpaired) electrons. The molecule has 1 unspecified atom stereocenters. The molecule has 0 fully saturated rings. The fraction of sp³-hybridized carbons (Fsp3) is 0.500. The molecule has 0 bridgehead atoms. The molecule has 2 heteroatoms. The molecule has 0 amide bonds. The Balaban J connectivity index is 2.84. The number of benzene rings is 1. The average molecular weight is 210 g/mol. The normalized spacial score (nSPS) is 15.1. The zero-order valence-corrected chi connectivity index (χ0v) is 9.84. The highest BCUT2D eigenvalue weighted by molar-refractivity contribution is 8.00. The summed E-state index contributed by atoms with van der Waals surface area (Å²) in [5.41, 5.74) is 1.04. The number of aliphatic hydroxyl groups excluding tert-OH is 1. The van der Waals surface area contributed by atoms with Gasteiger partial charge in [-0.15, -0.1) is 11.8 Å². The van der Waals surface area contributed by atoms with Crippen LogP contribution in [0.5, 0.6) is 0 Å². The maximum absolute atomic E-state index is 9.58. The van der Waals surface area contributed by atoms with E-state index in [1.54, 1.807) is 0 Å². The fourth-order valence-corrected chi connectivity index (χ4v) is 2.37. The fourth-order valence-electron chi connectivity index (χ4n) is 1.23. The summed E-state index contributed by atoms with van der Waals surface area (Å²) in [6.45, 7) is 6.21. The van der Waals surface area contributed by atoms with Crippen LogP contribution in [0.3, 0.4) is 0 Å². The van der Waals surface area contributed by atoms with Crippen LogP contribution in [-0.2, 0) is 0 Å². The summed E-state index contributed by atoms with van der Waals surface area (Å²) >= 11 is 1.84. The van der Waals surface area contributed by atoms with Gasteiger partial charge in [0.15, 0.2) is 0 Å². The standard InChI is InChI=1S/C12H18OS/c1-4-9(2)14-12-8-6-5-7-11(12)10(3)13/h5-10,13H,4H2,1-3H3/t9?,10-/m1/s1. The van der Waals surface area contributed by atoms with Gasteiger partial charge in [-0.25, -0.2) is 0 Å². The van der Waals surface area contributed by atoms with Crippen LogP contribution in [0.25, 0.3) is 0 Å². The molecule has 1 N–H and O–H groups in total. The summed E-state index contributed by atoms with van der Waals surface area (Å²) < 4.78 is 0. The van der Waals surface area contributed by atoms with Crippen molar-refractivity contribution < 1.29 is 5.11 Å². The van der Waals surface area contributed by atoms with Crippen LogP contribution < -0.4 is 0 Å². The summed E-state index contributed by atoms with van der Waals surface area (Å²) in [6, 6.07) is 8.08. The lowest BCUT2D eigenvalue weighted by atomic mass is 10.1. The van der Waals surface area contributed by atoms with Crippen molar-refractivity contribution >= 4 is 11.8 Å². The van der Waals surface area contributed by atoms with Crippen molar-refractivity contribution in [2.24, 2.45) is 0 Å². The Bertz CT molecular complexity index is 283. The molecule has 1 aromatic carbocycles. The Labute approximate surface area is 90.5 Å². The zero-order chi connectivity index (χ0) is 10.6. The molecule has 1 rings (SSSR count). The first kappa shape index (κ1) is 11.6. The van der Waals surface area contributed by atoms with E-state index in [0.29, 0.717) is 5.25 Å². The summed E-state index contributed by atoms with van der Waals surface area (Å²) in [4.78, 5) is 1.21. The highest BCUT2D eigenvalue weighted by Crippen LogP contribution is 2.31. The van der Waals surface area contributed by atoms with E-state index in [-0.39, 0.29) is 6.10 Å². The van der Waals surface area contributed by atoms with Gasteiger partial charge in [-0.1, -0.05) is 32.0 Å². The summed E-state index contributed by atoms with van der Waals surface area (Å²) in [5, 5.41) is 10.2. The van der Waals surface area contributed by atoms with E-state index in [4.69, 9.17) is 0 Å². The van der Waals surface area contributed by atoms with Crippen molar-refractivity contribution in [2.45, 2.75) is 43.4 Å². The Morgan fingerprint density at radius 1 is 1.29 bits per heavy atom. The van der Waals surface area contributed by atoms with Gasteiger partial charge in [0.1, 0.15) is 0 Å². The van der Waals surface area contributed by atoms with Gasteiger partial charge in [-0.2, -0.15) is 0 Å². The lowest BCUT2D eigenvalue weighted by Crippen LogP contribution is -1.97. The number of rotatable bonds is 4. The van der Waals surface area contributed by atoms with Crippen molar-refractivity contribution in [3.8, 4) is 0 Å². The highest BCUT2D eigenvalue weighted by Gasteiger charge is 2.09. The van der Waals surface area contributed by atoms with Crippen molar-refractivity contribution in [1.29, 1.82) is 0 Å². The van der Waals surface area contributed by atoms with E-state index in [2.05, 4.69) is 19.9 Å². The summed E-state index contributed by atoms with van der Waals surface area (Å²) in [6.07, 6.45) is 0.779. The maximum atomic E-state index is 9.58. The number of aliphatic hydroxyl groups is 1. The van der Waals surface area contributed by atoms with Crippen molar-refractivity contribution in [1.82, 2.24) is 0 Å². The Morgan fingerprint density at radius 3 is 2.50 bits per heavy atom. The first-order valence-electron chi connectivity index (χ1n) is 5.08. The van der Waals surface area contributed by atoms with Gasteiger partial charge < -0.3 is 5.11 Å². The minimum atomic E-state index is -0.372. The molecule has 0 saturated heterocycles. The quantitative estimate of drug-likeness (QED) is 0.766. The lowest BCUT2D eigenvalue weighted by molar-refractivity contribution is 0.196. The van der Waals surface area contributed by atoms with Crippen LogP contribution in [0.1, 0.15) is 38.9 Å². The van der Waals surface area contributed by atoms with Gasteiger partial charge in [0, 0.05) is 10.1 Å². The molecule has 0 heterocycles. The summed E-state index contributed by atoms with van der Waals surface area (Å²) in [7, 11) is 0. The van der Waals surface area contributed by atoms with Crippen molar-refractivity contribution in [3.63, 3.8) is 0 Å². The van der Waals surface area contributed by atoms with Gasteiger partial charge >= 0.3 is 0 Å². The third-order valence-electron chi connectivity index (χ3n) is 2.27. The number of hydrogen-bond donors (Lipinski definition) is 1. The van der Waals surface area contributed by atoms with E-state index < -0.39 is 0 Å². The van der Waals surface area contributed by atoms with Gasteiger partial charge in [-0.3, -0.25) is 0 Å². The third-order valence-corrected chi connectivity index (χ3v) is 3.63. The van der Waals surface area contributed by atoms with Crippen LogP contribution in [0.4, 0.5) is 0 Å². The second-order valence-corrected chi connectivity index (χ2v) is 5.03. The van der Waals surface area contributed by atoms with Crippen molar-refractivity contribution in [2.75, 3.05) is 0 Å². The minimum Gasteiger partial charge on any atom is -0.389 e. The smallest absolute Gasteiger partial charge is 0.0772 e. The van der Waals surface area contributed by atoms with E-state index >= 15 is 0 Å². The molecular weight excluding hydrogens is 192 g/mol. The van der Waals surface area contributed by atoms with E-state index in [0.717, 1.165) is 12.0 Å². The summed E-state index contributed by atoms with van der Waals surface area (Å²) in [5.74, 6) is 0. The number of thioether (sulfide) groups is 1. The first-order chi connectivity index (χ1) is 6.65. The van der Waals surface area contributed by atoms with Crippen LogP contribution >= 0.6 is 11.8 Å². The molecule has 0 aliphatic rings. The Morgan fingerprint density at radius 2 is 1.93 bits per heavy atom. The maximum Gasteiger partial charge on any atom is 0.0772 e. The second-order valence-electron chi connectivity index (χ2n) is 3.55. The van der Waals surface area contributed by atoms with Gasteiger partial charge in [0.05, 0.1) is 6.10 Å². The van der Waals surface area contributed by atoms with Gasteiger partial charge in [-0.05, 0) is 25.0 Å². The Kier molecular flexibility index (Phi) is 4.49. The third kappa shape index (κ3) is 3.03. The molecule has 14 heavy (non-hydrogen) atoms. The highest BCUT2D eigenvalue weighted by atomic mass is 32.2. The van der Waals surface area contributed by atoms with Gasteiger partial charge in [0.2, 0.25) is 0 Å². The van der Waals surface area contributed by atoms with Crippen LogP contribution in [0.15, 0.2) is 29.2 Å². The largest absolute Gasteiger partial charge is 0.389 e. The molecular formula is C12H18OS. The predicted octanol–water partition coefficient (Wildman–Crippen LogP) is 3.63. The molecule has 2 atom stereocenters. The molecule has 1 aromatic rings. The zero-order valence-electron chi connectivity index (χ0n) is 9.03. The van der Waals surface area contributed by atoms with E-state index in [9.17, 15) is 5.11 Å². The molecule has 1 nitrogen and oxygen atoms in total. The van der Waals surface area contributed by atoms with Crippen LogP contribution in [0, 0.1) is 0 Å². The van der Waals surface area contributed by atoms with Crippen LogP contribution in [-0.4, -0.2) is 10.4 Å². The minimum absolute atomic E-state index is 0.372. The van der Waals surface area contributed by atoms with Crippen molar-refractivity contribution in [3.05, 3.63) is 29.8 Å². The van der Waals surface area contributed by atoms with Crippen LogP contribution in [0.2, 0.25) is 0 Å². The topological polar surface area (TPSA) is 20.2 Å². The molecule has 0 aliphatic heterocycles. The molecule has 0 aromatic heterocycles. The average Bonchev–Trinajstić information content (AvgIpc) is 2.18. The molecule has 0 aliphatic carbocycles. The van der Waals surface area contributed by atoms with E-state index in [1.165, 1.54) is 4.90 Å². The molecule has 78 valence electrons. The lowest BCUT2D eigenvalue weighted by Gasteiger charge is -2.14. The SMILES string of the molecule is CCC(C)Sc1ccccc1[C@@H](C)O. The number of hydrogen-bond acceptors (Lipinski definition) is 2. The monoisotopic (exact) mass is 210 g/mol. The predicted molar refractivity (Wildman–Crippen MR) is 62.7 cm³/mol.